The molecule has 1 heterocycles. The molecule has 0 aliphatic heterocycles. The van der Waals surface area contributed by atoms with E-state index in [1.54, 1.807) is 0 Å². The van der Waals surface area contributed by atoms with E-state index in [9.17, 15) is 0 Å². The summed E-state index contributed by atoms with van der Waals surface area (Å²) >= 11 is 0. The summed E-state index contributed by atoms with van der Waals surface area (Å²) in [5.74, 6) is 2.10. The largest absolute Gasteiger partial charge is 0.399 e. The van der Waals surface area contributed by atoms with Gasteiger partial charge in [0.05, 0.1) is 6.42 Å². The molecular formula is C12H14ClN3O. The smallest absolute Gasteiger partial charge is 0.231 e. The van der Waals surface area contributed by atoms with Crippen molar-refractivity contribution in [3.63, 3.8) is 0 Å². The first-order valence-corrected chi connectivity index (χ1v) is 5.48. The Balaban J connectivity index is 0.00000108. The average Bonchev–Trinajstić information content (AvgIpc) is 3.04. The zero-order chi connectivity index (χ0) is 11.0. The van der Waals surface area contributed by atoms with Crippen LogP contribution in [0.2, 0.25) is 0 Å². The fourth-order valence-electron chi connectivity index (χ4n) is 1.66. The lowest BCUT2D eigenvalue weighted by molar-refractivity contribution is 0.379. The highest BCUT2D eigenvalue weighted by molar-refractivity contribution is 5.85. The third-order valence-corrected chi connectivity index (χ3v) is 2.76. The minimum Gasteiger partial charge on any atom is -0.399 e. The van der Waals surface area contributed by atoms with E-state index in [2.05, 4.69) is 10.1 Å². The lowest BCUT2D eigenvalue weighted by Crippen LogP contribution is -1.90. The van der Waals surface area contributed by atoms with Crippen LogP contribution in [0.5, 0.6) is 0 Å². The van der Waals surface area contributed by atoms with Crippen LogP contribution >= 0.6 is 12.4 Å². The van der Waals surface area contributed by atoms with Crippen molar-refractivity contribution in [2.24, 2.45) is 0 Å². The molecule has 0 saturated heterocycles. The van der Waals surface area contributed by atoms with Crippen molar-refractivity contribution < 1.29 is 4.52 Å². The highest BCUT2D eigenvalue weighted by atomic mass is 35.5. The molecule has 0 atom stereocenters. The highest BCUT2D eigenvalue weighted by Crippen LogP contribution is 2.38. The molecule has 2 N–H and O–H groups in total. The van der Waals surface area contributed by atoms with Crippen LogP contribution in [0.4, 0.5) is 5.69 Å². The molecule has 0 bridgehead atoms. The molecule has 90 valence electrons. The van der Waals surface area contributed by atoms with Gasteiger partial charge >= 0.3 is 0 Å². The molecule has 1 aliphatic carbocycles. The van der Waals surface area contributed by atoms with Gasteiger partial charge in [-0.15, -0.1) is 12.4 Å². The molecule has 1 aliphatic rings. The van der Waals surface area contributed by atoms with E-state index in [1.807, 2.05) is 24.3 Å². The van der Waals surface area contributed by atoms with Gasteiger partial charge in [0.2, 0.25) is 5.89 Å². The summed E-state index contributed by atoms with van der Waals surface area (Å²) in [7, 11) is 0. The van der Waals surface area contributed by atoms with Gasteiger partial charge in [-0.3, -0.25) is 0 Å². The standard InChI is InChI=1S/C12H13N3O.ClH/c13-10-5-1-8(2-6-10)7-11-14-12(15-16-11)9-3-4-9;/h1-2,5-6,9H,3-4,7,13H2;1H. The minimum atomic E-state index is 0. The zero-order valence-corrected chi connectivity index (χ0v) is 10.1. The molecule has 17 heavy (non-hydrogen) atoms. The second-order valence-electron chi connectivity index (χ2n) is 4.24. The number of hydrogen-bond acceptors (Lipinski definition) is 4. The maximum atomic E-state index is 5.62. The molecule has 1 aromatic heterocycles. The van der Waals surface area contributed by atoms with Gasteiger partial charge in [0.25, 0.3) is 0 Å². The van der Waals surface area contributed by atoms with Crippen molar-refractivity contribution in [1.82, 2.24) is 10.1 Å². The fraction of sp³-hybridized carbons (Fsp3) is 0.333. The second-order valence-corrected chi connectivity index (χ2v) is 4.24. The van der Waals surface area contributed by atoms with Gasteiger partial charge in [-0.05, 0) is 30.5 Å². The first kappa shape index (κ1) is 11.9. The van der Waals surface area contributed by atoms with Gasteiger partial charge < -0.3 is 10.3 Å². The molecule has 0 radical (unpaired) electrons. The molecule has 1 fully saturated rings. The summed E-state index contributed by atoms with van der Waals surface area (Å²) in [6, 6.07) is 7.73. The minimum absolute atomic E-state index is 0. The Kier molecular flexibility index (Phi) is 3.33. The molecule has 4 nitrogen and oxygen atoms in total. The zero-order valence-electron chi connectivity index (χ0n) is 9.30. The van der Waals surface area contributed by atoms with Gasteiger partial charge in [-0.2, -0.15) is 4.98 Å². The number of halogens is 1. The van der Waals surface area contributed by atoms with Crippen LogP contribution in [0.15, 0.2) is 28.8 Å². The molecule has 2 aromatic rings. The number of benzene rings is 1. The number of hydrogen-bond donors (Lipinski definition) is 1. The Morgan fingerprint density at radius 3 is 2.59 bits per heavy atom. The number of aromatic nitrogens is 2. The third-order valence-electron chi connectivity index (χ3n) is 2.76. The van der Waals surface area contributed by atoms with Crippen molar-refractivity contribution in [3.8, 4) is 0 Å². The topological polar surface area (TPSA) is 64.9 Å². The number of nitrogen functional groups attached to an aromatic ring is 1. The van der Waals surface area contributed by atoms with Crippen molar-refractivity contribution in [2.75, 3.05) is 5.73 Å². The van der Waals surface area contributed by atoms with Gasteiger partial charge in [0, 0.05) is 11.6 Å². The Bertz CT molecular complexity index is 491. The summed E-state index contributed by atoms with van der Waals surface area (Å²) in [6.45, 7) is 0. The van der Waals surface area contributed by atoms with E-state index in [4.69, 9.17) is 10.3 Å². The van der Waals surface area contributed by atoms with E-state index < -0.39 is 0 Å². The Hall–Kier alpha value is -1.55. The lowest BCUT2D eigenvalue weighted by atomic mass is 10.1. The van der Waals surface area contributed by atoms with Crippen LogP contribution in [-0.2, 0) is 6.42 Å². The van der Waals surface area contributed by atoms with E-state index in [0.717, 1.165) is 17.1 Å². The molecule has 1 saturated carbocycles. The van der Waals surface area contributed by atoms with Crippen LogP contribution in [0.3, 0.4) is 0 Å². The number of rotatable bonds is 3. The van der Waals surface area contributed by atoms with Crippen LogP contribution in [0.1, 0.15) is 36.0 Å². The molecule has 0 spiro atoms. The number of nitrogens with two attached hydrogens (primary N) is 1. The summed E-state index contributed by atoms with van der Waals surface area (Å²) < 4.78 is 5.21. The van der Waals surface area contributed by atoms with E-state index in [0.29, 0.717) is 18.2 Å². The lowest BCUT2D eigenvalue weighted by Gasteiger charge is -1.96. The third kappa shape index (κ3) is 2.77. The van der Waals surface area contributed by atoms with Crippen LogP contribution in [-0.4, -0.2) is 10.1 Å². The SMILES string of the molecule is Cl.Nc1ccc(Cc2nc(C3CC3)no2)cc1. The molecule has 5 heteroatoms. The average molecular weight is 252 g/mol. The molecule has 1 aromatic carbocycles. The van der Waals surface area contributed by atoms with E-state index >= 15 is 0 Å². The van der Waals surface area contributed by atoms with Crippen molar-refractivity contribution in [2.45, 2.75) is 25.2 Å². The summed E-state index contributed by atoms with van der Waals surface area (Å²) in [5.41, 5.74) is 7.53. The molecule has 3 rings (SSSR count). The molecule has 0 unspecified atom stereocenters. The number of nitrogens with zero attached hydrogens (tertiary/aromatic N) is 2. The Morgan fingerprint density at radius 2 is 1.94 bits per heavy atom. The van der Waals surface area contributed by atoms with Crippen LogP contribution < -0.4 is 5.73 Å². The fourth-order valence-corrected chi connectivity index (χ4v) is 1.66. The maximum Gasteiger partial charge on any atom is 0.231 e. The monoisotopic (exact) mass is 251 g/mol. The first-order chi connectivity index (χ1) is 7.81. The van der Waals surface area contributed by atoms with Gasteiger partial charge in [0.1, 0.15) is 0 Å². The summed E-state index contributed by atoms with van der Waals surface area (Å²) in [5, 5.41) is 3.98. The van der Waals surface area contributed by atoms with Crippen molar-refractivity contribution in [3.05, 3.63) is 41.5 Å². The maximum absolute atomic E-state index is 5.62. The van der Waals surface area contributed by atoms with Crippen LogP contribution in [0.25, 0.3) is 0 Å². The van der Waals surface area contributed by atoms with Crippen LogP contribution in [0, 0.1) is 0 Å². The normalized spacial score (nSPS) is 14.4. The van der Waals surface area contributed by atoms with Crippen molar-refractivity contribution >= 4 is 18.1 Å². The molecular weight excluding hydrogens is 238 g/mol. The van der Waals surface area contributed by atoms with Gasteiger partial charge in [0.15, 0.2) is 5.82 Å². The quantitative estimate of drug-likeness (QED) is 0.852. The van der Waals surface area contributed by atoms with Gasteiger partial charge in [-0.25, -0.2) is 0 Å². The van der Waals surface area contributed by atoms with Gasteiger partial charge in [-0.1, -0.05) is 17.3 Å². The number of anilines is 1. The summed E-state index contributed by atoms with van der Waals surface area (Å²) in [6.07, 6.45) is 3.07. The van der Waals surface area contributed by atoms with Crippen molar-refractivity contribution in [1.29, 1.82) is 0 Å². The second kappa shape index (κ2) is 4.75. The Labute approximate surface area is 106 Å². The van der Waals surface area contributed by atoms with E-state index in [1.165, 1.54) is 12.8 Å². The highest BCUT2D eigenvalue weighted by Gasteiger charge is 2.28. The predicted molar refractivity (Wildman–Crippen MR) is 67.2 cm³/mol. The Morgan fingerprint density at radius 1 is 1.24 bits per heavy atom. The summed E-state index contributed by atoms with van der Waals surface area (Å²) in [4.78, 5) is 4.38. The predicted octanol–water partition coefficient (Wildman–Crippen LogP) is 2.54. The molecule has 0 amide bonds. The van der Waals surface area contributed by atoms with E-state index in [-0.39, 0.29) is 12.4 Å². The first-order valence-electron chi connectivity index (χ1n) is 5.48.